The molecule has 0 fully saturated rings. The predicted octanol–water partition coefficient (Wildman–Crippen LogP) is 2.13. The highest BCUT2D eigenvalue weighted by molar-refractivity contribution is 5.79. The number of rotatable bonds is 10. The molecular weight excluding hydrogens is 332 g/mol. The SMILES string of the molecule is CCC(CC)(CC(=O)O)NC(=O)COc1ccc([N+](=O)[O-])c(OC)c1. The number of carbonyl (C=O) groups excluding carboxylic acids is 1. The Morgan fingerprint density at radius 1 is 1.32 bits per heavy atom. The first-order valence-corrected chi connectivity index (χ1v) is 7.75. The number of hydrogen-bond acceptors (Lipinski definition) is 6. The molecule has 0 saturated heterocycles. The summed E-state index contributed by atoms with van der Waals surface area (Å²) in [5.74, 6) is -1.22. The maximum absolute atomic E-state index is 12.1. The summed E-state index contributed by atoms with van der Waals surface area (Å²) in [5, 5.41) is 22.6. The van der Waals surface area contributed by atoms with Gasteiger partial charge in [0.1, 0.15) is 5.75 Å². The van der Waals surface area contributed by atoms with Gasteiger partial charge in [-0.2, -0.15) is 0 Å². The van der Waals surface area contributed by atoms with Crippen LogP contribution in [0.2, 0.25) is 0 Å². The van der Waals surface area contributed by atoms with Crippen LogP contribution in [0.5, 0.6) is 11.5 Å². The number of carboxylic acid groups (broad SMARTS) is 1. The fraction of sp³-hybridized carbons (Fsp3) is 0.500. The van der Waals surface area contributed by atoms with E-state index in [0.29, 0.717) is 12.8 Å². The van der Waals surface area contributed by atoms with Gasteiger partial charge >= 0.3 is 11.7 Å². The molecule has 0 unspecified atom stereocenters. The van der Waals surface area contributed by atoms with E-state index < -0.39 is 22.3 Å². The van der Waals surface area contributed by atoms with Gasteiger partial charge in [-0.1, -0.05) is 13.8 Å². The monoisotopic (exact) mass is 354 g/mol. The van der Waals surface area contributed by atoms with Gasteiger partial charge in [-0.05, 0) is 18.9 Å². The third-order valence-electron chi connectivity index (χ3n) is 3.97. The van der Waals surface area contributed by atoms with Gasteiger partial charge in [0.05, 0.1) is 24.0 Å². The van der Waals surface area contributed by atoms with Crippen molar-refractivity contribution in [3.8, 4) is 11.5 Å². The van der Waals surface area contributed by atoms with Crippen LogP contribution in [0.4, 0.5) is 5.69 Å². The van der Waals surface area contributed by atoms with E-state index in [2.05, 4.69) is 5.32 Å². The molecule has 0 atom stereocenters. The van der Waals surface area contributed by atoms with Gasteiger partial charge in [-0.15, -0.1) is 0 Å². The van der Waals surface area contributed by atoms with E-state index in [-0.39, 0.29) is 30.2 Å². The van der Waals surface area contributed by atoms with Crippen LogP contribution < -0.4 is 14.8 Å². The molecule has 2 N–H and O–H groups in total. The quantitative estimate of drug-likeness (QED) is 0.486. The molecule has 1 aromatic carbocycles. The molecule has 1 aromatic rings. The lowest BCUT2D eigenvalue weighted by Gasteiger charge is -2.31. The molecule has 0 aliphatic rings. The van der Waals surface area contributed by atoms with Crippen molar-refractivity contribution in [2.24, 2.45) is 0 Å². The Labute approximate surface area is 145 Å². The molecule has 0 aliphatic carbocycles. The van der Waals surface area contributed by atoms with Crippen LogP contribution in [0, 0.1) is 10.1 Å². The maximum atomic E-state index is 12.1. The Morgan fingerprint density at radius 3 is 2.44 bits per heavy atom. The highest BCUT2D eigenvalue weighted by Crippen LogP contribution is 2.30. The second kappa shape index (κ2) is 8.86. The number of nitro benzene ring substituents is 1. The average molecular weight is 354 g/mol. The molecule has 0 radical (unpaired) electrons. The van der Waals surface area contributed by atoms with Crippen molar-refractivity contribution in [2.45, 2.75) is 38.6 Å². The first-order valence-electron chi connectivity index (χ1n) is 7.75. The van der Waals surface area contributed by atoms with E-state index >= 15 is 0 Å². The standard InChI is InChI=1S/C16H22N2O7/c1-4-16(5-2,9-15(20)21)17-14(19)10-25-11-6-7-12(18(22)23)13(8-11)24-3/h6-8H,4-5,9-10H2,1-3H3,(H,17,19)(H,20,21). The van der Waals surface area contributed by atoms with Gasteiger partial charge in [0.25, 0.3) is 5.91 Å². The van der Waals surface area contributed by atoms with Crippen LogP contribution in [-0.4, -0.2) is 41.2 Å². The van der Waals surface area contributed by atoms with Crippen LogP contribution in [0.3, 0.4) is 0 Å². The lowest BCUT2D eigenvalue weighted by atomic mass is 9.89. The highest BCUT2D eigenvalue weighted by Gasteiger charge is 2.31. The van der Waals surface area contributed by atoms with Crippen LogP contribution in [0.15, 0.2) is 18.2 Å². The summed E-state index contributed by atoms with van der Waals surface area (Å²) in [4.78, 5) is 33.3. The van der Waals surface area contributed by atoms with Gasteiger partial charge < -0.3 is 19.9 Å². The van der Waals surface area contributed by atoms with E-state index in [1.54, 1.807) is 13.8 Å². The van der Waals surface area contributed by atoms with Crippen molar-refractivity contribution in [2.75, 3.05) is 13.7 Å². The highest BCUT2D eigenvalue weighted by atomic mass is 16.6. The number of ether oxygens (including phenoxy) is 2. The number of carbonyl (C=O) groups is 2. The predicted molar refractivity (Wildman–Crippen MR) is 88.9 cm³/mol. The molecule has 9 nitrogen and oxygen atoms in total. The molecule has 1 amide bonds. The van der Waals surface area contributed by atoms with E-state index in [1.807, 2.05) is 0 Å². The number of benzene rings is 1. The zero-order valence-corrected chi connectivity index (χ0v) is 14.4. The second-order valence-electron chi connectivity index (χ2n) is 5.49. The summed E-state index contributed by atoms with van der Waals surface area (Å²) in [5.41, 5.74) is -1.05. The van der Waals surface area contributed by atoms with E-state index in [0.717, 1.165) is 0 Å². The van der Waals surface area contributed by atoms with Crippen molar-refractivity contribution in [3.05, 3.63) is 28.3 Å². The fourth-order valence-electron chi connectivity index (χ4n) is 2.39. The molecule has 0 bridgehead atoms. The number of carboxylic acids is 1. The molecule has 1 rings (SSSR count). The molecular formula is C16H22N2O7. The van der Waals surface area contributed by atoms with Crippen LogP contribution >= 0.6 is 0 Å². The lowest BCUT2D eigenvalue weighted by molar-refractivity contribution is -0.385. The number of aliphatic carboxylic acids is 1. The zero-order chi connectivity index (χ0) is 19.0. The van der Waals surface area contributed by atoms with Gasteiger partial charge in [0.15, 0.2) is 6.61 Å². The maximum Gasteiger partial charge on any atom is 0.311 e. The molecule has 9 heteroatoms. The molecule has 0 heterocycles. The number of nitrogens with zero attached hydrogens (tertiary/aromatic N) is 1. The largest absolute Gasteiger partial charge is 0.490 e. The minimum absolute atomic E-state index is 0.0187. The number of amides is 1. The molecule has 138 valence electrons. The van der Waals surface area contributed by atoms with Crippen LogP contribution in [0.1, 0.15) is 33.1 Å². The minimum atomic E-state index is -0.995. The number of methoxy groups -OCH3 is 1. The van der Waals surface area contributed by atoms with Crippen molar-refractivity contribution in [1.82, 2.24) is 5.32 Å². The molecule has 0 aromatic heterocycles. The Balaban J connectivity index is 2.75. The Hall–Kier alpha value is -2.84. The van der Waals surface area contributed by atoms with E-state index in [9.17, 15) is 19.7 Å². The van der Waals surface area contributed by atoms with Crippen molar-refractivity contribution in [3.63, 3.8) is 0 Å². The zero-order valence-electron chi connectivity index (χ0n) is 14.4. The Morgan fingerprint density at radius 2 is 1.96 bits per heavy atom. The topological polar surface area (TPSA) is 128 Å². The van der Waals surface area contributed by atoms with Crippen molar-refractivity contribution in [1.29, 1.82) is 0 Å². The smallest absolute Gasteiger partial charge is 0.311 e. The Kier molecular flexibility index (Phi) is 7.16. The number of nitro groups is 1. The minimum Gasteiger partial charge on any atom is -0.490 e. The van der Waals surface area contributed by atoms with Gasteiger partial charge in [-0.3, -0.25) is 19.7 Å². The van der Waals surface area contributed by atoms with Gasteiger partial charge in [-0.25, -0.2) is 0 Å². The fourth-order valence-corrected chi connectivity index (χ4v) is 2.39. The molecule has 25 heavy (non-hydrogen) atoms. The van der Waals surface area contributed by atoms with Gasteiger partial charge in [0, 0.05) is 12.1 Å². The molecule has 0 aliphatic heterocycles. The second-order valence-corrected chi connectivity index (χ2v) is 5.49. The normalized spacial score (nSPS) is 10.8. The van der Waals surface area contributed by atoms with E-state index in [1.165, 1.54) is 25.3 Å². The number of nitrogens with one attached hydrogen (secondary N) is 1. The third kappa shape index (κ3) is 5.63. The van der Waals surface area contributed by atoms with Crippen LogP contribution in [0.25, 0.3) is 0 Å². The number of hydrogen-bond donors (Lipinski definition) is 2. The van der Waals surface area contributed by atoms with Gasteiger partial charge in [0.2, 0.25) is 5.75 Å². The summed E-state index contributed by atoms with van der Waals surface area (Å²) in [6.45, 7) is 3.26. The molecule has 0 spiro atoms. The lowest BCUT2D eigenvalue weighted by Crippen LogP contribution is -2.50. The first-order chi connectivity index (χ1) is 11.8. The van der Waals surface area contributed by atoms with Crippen molar-refractivity contribution < 1.29 is 29.1 Å². The van der Waals surface area contributed by atoms with E-state index in [4.69, 9.17) is 14.6 Å². The van der Waals surface area contributed by atoms with Crippen molar-refractivity contribution >= 4 is 17.6 Å². The average Bonchev–Trinajstić information content (AvgIpc) is 2.58. The summed E-state index contributed by atoms with van der Waals surface area (Å²) in [6, 6.07) is 3.90. The summed E-state index contributed by atoms with van der Waals surface area (Å²) < 4.78 is 10.2. The van der Waals surface area contributed by atoms with Crippen LogP contribution in [-0.2, 0) is 9.59 Å². The summed E-state index contributed by atoms with van der Waals surface area (Å²) in [7, 11) is 1.29. The Bertz CT molecular complexity index is 641. The summed E-state index contributed by atoms with van der Waals surface area (Å²) >= 11 is 0. The molecule has 0 saturated carbocycles. The first kappa shape index (κ1) is 20.2. The third-order valence-corrected chi connectivity index (χ3v) is 3.97. The summed E-state index contributed by atoms with van der Waals surface area (Å²) in [6.07, 6.45) is 0.747.